The van der Waals surface area contributed by atoms with Crippen LogP contribution in [0.2, 0.25) is 10.0 Å². The van der Waals surface area contributed by atoms with Crippen LogP contribution in [0.5, 0.6) is 0 Å². The van der Waals surface area contributed by atoms with Crippen molar-refractivity contribution in [3.8, 4) is 0 Å². The molecule has 4 nitrogen and oxygen atoms in total. The van der Waals surface area contributed by atoms with Gasteiger partial charge in [-0.25, -0.2) is 0 Å². The zero-order valence-corrected chi connectivity index (χ0v) is 28.7. The second kappa shape index (κ2) is 18.7. The molecule has 1 aromatic carbocycles. The average molecular weight is 622 g/mol. The van der Waals surface area contributed by atoms with Crippen LogP contribution in [0, 0.1) is 6.92 Å². The monoisotopic (exact) mass is 620 g/mol. The van der Waals surface area contributed by atoms with Crippen LogP contribution in [-0.4, -0.2) is 39.8 Å². The number of allylic oxidation sites excluding steroid dienone is 6. The number of rotatable bonds is 9. The fourth-order valence-corrected chi connectivity index (χ4v) is 5.79. The zero-order valence-electron chi connectivity index (χ0n) is 27.2. The third-order valence-electron chi connectivity index (χ3n) is 7.63. The van der Waals surface area contributed by atoms with Gasteiger partial charge in [-0.15, -0.1) is 6.58 Å². The van der Waals surface area contributed by atoms with Crippen molar-refractivity contribution in [1.29, 1.82) is 0 Å². The molecular weight excluding hydrogens is 571 g/mol. The van der Waals surface area contributed by atoms with E-state index in [1.165, 1.54) is 16.7 Å². The maximum absolute atomic E-state index is 6.62. The van der Waals surface area contributed by atoms with Crippen molar-refractivity contribution in [2.75, 3.05) is 20.1 Å². The quantitative estimate of drug-likeness (QED) is 0.176. The van der Waals surface area contributed by atoms with Gasteiger partial charge in [0.05, 0.1) is 12.2 Å². The number of hydrogen-bond acceptors (Lipinski definition) is 3. The molecule has 3 aromatic rings. The van der Waals surface area contributed by atoms with Crippen molar-refractivity contribution < 1.29 is 0 Å². The summed E-state index contributed by atoms with van der Waals surface area (Å²) in [6.07, 6.45) is 17.8. The van der Waals surface area contributed by atoms with Crippen molar-refractivity contribution >= 4 is 28.8 Å². The van der Waals surface area contributed by atoms with Crippen LogP contribution < -0.4 is 0 Å². The molecule has 1 fully saturated rings. The SMILES string of the molecule is C=C/C(=C\C(CC(C)c1c(Cl)ccc(C)c1Cl)=C(C)C)c1cnn(C2CCN(C)CC2)c1.C=CCc1cccnc1.CC. The van der Waals surface area contributed by atoms with E-state index in [1.54, 1.807) is 6.20 Å². The Balaban J connectivity index is 0.000000496. The molecule has 0 saturated carbocycles. The second-order valence-corrected chi connectivity index (χ2v) is 11.9. The highest BCUT2D eigenvalue weighted by Gasteiger charge is 2.20. The van der Waals surface area contributed by atoms with Gasteiger partial charge in [-0.3, -0.25) is 9.67 Å². The van der Waals surface area contributed by atoms with Gasteiger partial charge in [-0.1, -0.05) is 86.5 Å². The van der Waals surface area contributed by atoms with Gasteiger partial charge in [0.15, 0.2) is 0 Å². The molecule has 4 rings (SSSR count). The van der Waals surface area contributed by atoms with Crippen LogP contribution in [0.25, 0.3) is 5.57 Å². The molecule has 1 unspecified atom stereocenters. The van der Waals surface area contributed by atoms with E-state index >= 15 is 0 Å². The highest BCUT2D eigenvalue weighted by atomic mass is 35.5. The molecule has 0 bridgehead atoms. The van der Waals surface area contributed by atoms with Gasteiger partial charge in [0.25, 0.3) is 0 Å². The maximum atomic E-state index is 6.62. The minimum atomic E-state index is 0.198. The van der Waals surface area contributed by atoms with Crippen molar-refractivity contribution in [1.82, 2.24) is 19.7 Å². The second-order valence-electron chi connectivity index (χ2n) is 11.1. The van der Waals surface area contributed by atoms with Crippen molar-refractivity contribution in [3.63, 3.8) is 0 Å². The van der Waals surface area contributed by atoms with Gasteiger partial charge in [0.1, 0.15) is 0 Å². The van der Waals surface area contributed by atoms with E-state index in [-0.39, 0.29) is 5.92 Å². The molecule has 0 amide bonds. The first-order valence-electron chi connectivity index (χ1n) is 15.3. The molecule has 43 heavy (non-hydrogen) atoms. The van der Waals surface area contributed by atoms with Crippen molar-refractivity contribution in [2.45, 2.75) is 79.2 Å². The van der Waals surface area contributed by atoms with Gasteiger partial charge in [0.2, 0.25) is 0 Å². The maximum Gasteiger partial charge on any atom is 0.0568 e. The smallest absolute Gasteiger partial charge is 0.0568 e. The first kappa shape index (κ1) is 36.3. The third kappa shape index (κ3) is 10.9. The summed E-state index contributed by atoms with van der Waals surface area (Å²) in [5.41, 5.74) is 8.04. The Hall–Kier alpha value is -2.92. The summed E-state index contributed by atoms with van der Waals surface area (Å²) in [7, 11) is 2.18. The Morgan fingerprint density at radius 2 is 1.79 bits per heavy atom. The lowest BCUT2D eigenvalue weighted by atomic mass is 9.89. The van der Waals surface area contributed by atoms with E-state index in [1.807, 2.05) is 69.6 Å². The fraction of sp³-hybridized carbons (Fsp3) is 0.405. The van der Waals surface area contributed by atoms with E-state index in [4.69, 9.17) is 23.2 Å². The molecule has 3 heterocycles. The molecule has 2 aromatic heterocycles. The molecule has 0 spiro atoms. The molecule has 232 valence electrons. The Morgan fingerprint density at radius 1 is 1.09 bits per heavy atom. The predicted molar refractivity (Wildman–Crippen MR) is 188 cm³/mol. The number of benzene rings is 1. The topological polar surface area (TPSA) is 34.0 Å². The predicted octanol–water partition coefficient (Wildman–Crippen LogP) is 10.7. The lowest BCUT2D eigenvalue weighted by Crippen LogP contribution is -2.31. The highest BCUT2D eigenvalue weighted by Crippen LogP contribution is 2.38. The minimum absolute atomic E-state index is 0.198. The largest absolute Gasteiger partial charge is 0.306 e. The molecule has 1 atom stereocenters. The third-order valence-corrected chi connectivity index (χ3v) is 8.46. The number of hydrogen-bond donors (Lipinski definition) is 0. The van der Waals surface area contributed by atoms with Crippen LogP contribution >= 0.6 is 23.2 Å². The summed E-state index contributed by atoms with van der Waals surface area (Å²) in [6.45, 7) is 22.5. The van der Waals surface area contributed by atoms with Gasteiger partial charge in [-0.05, 0) is 112 Å². The lowest BCUT2D eigenvalue weighted by molar-refractivity contribution is 0.212. The normalized spacial score (nSPS) is 14.5. The van der Waals surface area contributed by atoms with Gasteiger partial charge >= 0.3 is 0 Å². The summed E-state index contributed by atoms with van der Waals surface area (Å²) in [5, 5.41) is 6.18. The molecular formula is C37H50Cl2N4. The van der Waals surface area contributed by atoms with E-state index in [9.17, 15) is 0 Å². The minimum Gasteiger partial charge on any atom is -0.306 e. The zero-order chi connectivity index (χ0) is 31.9. The number of piperidine rings is 1. The summed E-state index contributed by atoms with van der Waals surface area (Å²) in [6, 6.07) is 8.35. The molecule has 0 N–H and O–H groups in total. The first-order chi connectivity index (χ1) is 20.6. The van der Waals surface area contributed by atoms with Gasteiger partial charge < -0.3 is 4.90 Å². The standard InChI is InChI=1S/C27H35Cl2N3.C8H9N.C2H6/c1-7-21(23-16-30-32(17-23)24-10-12-31(6)13-11-24)15-22(18(2)3)14-20(5)26-25(28)9-8-19(4)27(26)29;1-2-4-8-5-3-6-9-7-8;1-2/h7-9,15-17,20,24H,1,10-14H2,2-6H3;2-3,5-7H,1,4H2;1-2H3/b21-15+;;. The Morgan fingerprint density at radius 3 is 2.37 bits per heavy atom. The number of halogens is 2. The van der Waals surface area contributed by atoms with Gasteiger partial charge in [0, 0.05) is 34.2 Å². The van der Waals surface area contributed by atoms with Crippen molar-refractivity contribution in [2.24, 2.45) is 0 Å². The average Bonchev–Trinajstić information content (AvgIpc) is 3.50. The van der Waals surface area contributed by atoms with Crippen LogP contribution in [0.3, 0.4) is 0 Å². The Bertz CT molecular complexity index is 1360. The molecule has 1 aliphatic rings. The Kier molecular flexibility index (Phi) is 15.8. The number of likely N-dealkylation sites (tertiary alicyclic amines) is 1. The first-order valence-corrected chi connectivity index (χ1v) is 16.1. The number of aromatic nitrogens is 3. The fourth-order valence-electron chi connectivity index (χ4n) is 5.05. The van der Waals surface area contributed by atoms with Crippen molar-refractivity contribution in [3.05, 3.63) is 124 Å². The number of nitrogens with zero attached hydrogens (tertiary/aromatic N) is 4. The van der Waals surface area contributed by atoms with E-state index in [0.717, 1.165) is 71.1 Å². The summed E-state index contributed by atoms with van der Waals surface area (Å²) in [4.78, 5) is 6.34. The van der Waals surface area contributed by atoms with Crippen LogP contribution in [-0.2, 0) is 6.42 Å². The molecule has 0 aliphatic carbocycles. The van der Waals surface area contributed by atoms with Crippen LogP contribution in [0.4, 0.5) is 0 Å². The van der Waals surface area contributed by atoms with E-state index in [2.05, 4.69) is 72.9 Å². The molecule has 6 heteroatoms. The summed E-state index contributed by atoms with van der Waals surface area (Å²) < 4.78 is 2.14. The van der Waals surface area contributed by atoms with Crippen LogP contribution in [0.15, 0.2) is 91.6 Å². The molecule has 0 radical (unpaired) electrons. The lowest BCUT2D eigenvalue weighted by Gasteiger charge is -2.28. The Labute approximate surface area is 270 Å². The molecule has 1 saturated heterocycles. The summed E-state index contributed by atoms with van der Waals surface area (Å²) >= 11 is 13.2. The highest BCUT2D eigenvalue weighted by molar-refractivity contribution is 6.36. The van der Waals surface area contributed by atoms with Gasteiger partial charge in [-0.2, -0.15) is 5.10 Å². The van der Waals surface area contributed by atoms with Crippen LogP contribution in [0.1, 0.15) is 88.1 Å². The van der Waals surface area contributed by atoms with E-state index < -0.39 is 0 Å². The molecule has 1 aliphatic heterocycles. The van der Waals surface area contributed by atoms with E-state index in [0.29, 0.717) is 6.04 Å². The number of aryl methyl sites for hydroxylation is 1. The number of pyridine rings is 1. The summed E-state index contributed by atoms with van der Waals surface area (Å²) in [5.74, 6) is 0.198.